The molecule has 0 aliphatic heterocycles. The summed E-state index contributed by atoms with van der Waals surface area (Å²) in [6.07, 6.45) is 0. The van der Waals surface area contributed by atoms with Gasteiger partial charge in [0, 0.05) is 0 Å². The van der Waals surface area contributed by atoms with E-state index < -0.39 is 0 Å². The first-order valence-electron chi connectivity index (χ1n) is 9.71. The van der Waals surface area contributed by atoms with Crippen LogP contribution in [0.15, 0.2) is 63.5 Å². The number of aromatic amines is 2. The zero-order valence-electron chi connectivity index (χ0n) is 16.9. The van der Waals surface area contributed by atoms with Crippen LogP contribution in [0.5, 0.6) is 0 Å². The second kappa shape index (κ2) is 9.34. The van der Waals surface area contributed by atoms with E-state index in [0.717, 1.165) is 22.1 Å². The van der Waals surface area contributed by atoms with Crippen molar-refractivity contribution >= 4 is 69.0 Å². The van der Waals surface area contributed by atoms with E-state index in [4.69, 9.17) is 0 Å². The molecule has 11 nitrogen and oxygen atoms in total. The van der Waals surface area contributed by atoms with Crippen LogP contribution in [0.3, 0.4) is 0 Å². The van der Waals surface area contributed by atoms with Crippen LogP contribution in [0.2, 0.25) is 0 Å². The summed E-state index contributed by atoms with van der Waals surface area (Å²) in [4.78, 5) is 39.7. The molecular formula is C20H16N8O3S2. The van der Waals surface area contributed by atoms with Crippen LogP contribution < -0.4 is 10.6 Å². The predicted octanol–water partition coefficient (Wildman–Crippen LogP) is 3.28. The molecule has 166 valence electrons. The van der Waals surface area contributed by atoms with E-state index in [1.54, 1.807) is 0 Å². The maximum Gasteiger partial charge on any atom is 0.236 e. The Kier molecular flexibility index (Phi) is 5.95. The van der Waals surface area contributed by atoms with E-state index in [0.29, 0.717) is 10.3 Å². The average Bonchev–Trinajstić information content (AvgIpc) is 3.54. The van der Waals surface area contributed by atoms with Crippen LogP contribution in [0, 0.1) is 0 Å². The van der Waals surface area contributed by atoms with Crippen molar-refractivity contribution in [1.82, 2.24) is 30.2 Å². The molecule has 0 bridgehead atoms. The summed E-state index contributed by atoms with van der Waals surface area (Å²) >= 11 is 2.49. The first kappa shape index (κ1) is 21.0. The van der Waals surface area contributed by atoms with E-state index in [-0.39, 0.29) is 35.0 Å². The highest BCUT2D eigenvalue weighted by Gasteiger charge is 2.17. The van der Waals surface area contributed by atoms with Gasteiger partial charge in [-0.2, -0.15) is 0 Å². The van der Waals surface area contributed by atoms with Crippen molar-refractivity contribution in [3.8, 4) is 0 Å². The van der Waals surface area contributed by atoms with Crippen LogP contribution in [-0.4, -0.2) is 53.6 Å². The summed E-state index contributed by atoms with van der Waals surface area (Å²) in [6.45, 7) is 0. The van der Waals surface area contributed by atoms with Gasteiger partial charge >= 0.3 is 0 Å². The van der Waals surface area contributed by atoms with Crippen molar-refractivity contribution in [2.75, 3.05) is 22.1 Å². The Bertz CT molecular complexity index is 1270. The van der Waals surface area contributed by atoms with E-state index in [2.05, 4.69) is 45.5 Å². The third kappa shape index (κ3) is 4.99. The first-order valence-corrected chi connectivity index (χ1v) is 11.7. The Morgan fingerprint density at radius 3 is 1.67 bits per heavy atom. The number of benzene rings is 2. The molecule has 0 saturated heterocycles. The number of hydrogen-bond acceptors (Lipinski definition) is 9. The van der Waals surface area contributed by atoms with Gasteiger partial charge in [-0.05, 0) is 34.6 Å². The van der Waals surface area contributed by atoms with Crippen LogP contribution in [0.25, 0.3) is 22.1 Å². The minimum Gasteiger partial charge on any atom is -0.333 e. The largest absolute Gasteiger partial charge is 0.333 e. The SMILES string of the molecule is O=C(CSc1nc2ccccc2[nH]1)Nc1nonc1NC(=O)CSc1nc2ccccc2[nH]1. The number of aromatic nitrogens is 6. The Balaban J connectivity index is 1.13. The fourth-order valence-corrected chi connectivity index (χ4v) is 4.32. The van der Waals surface area contributed by atoms with Gasteiger partial charge in [-0.15, -0.1) is 0 Å². The quantitative estimate of drug-likeness (QED) is 0.245. The highest BCUT2D eigenvalue weighted by Crippen LogP contribution is 2.22. The van der Waals surface area contributed by atoms with Gasteiger partial charge in [-0.3, -0.25) is 9.59 Å². The highest BCUT2D eigenvalue weighted by molar-refractivity contribution is 8.00. The lowest BCUT2D eigenvalue weighted by Crippen LogP contribution is -2.19. The van der Waals surface area contributed by atoms with Crippen molar-refractivity contribution in [2.45, 2.75) is 10.3 Å². The number of para-hydroxylation sites is 4. The number of carbonyl (C=O) groups is 2. The van der Waals surface area contributed by atoms with E-state index in [1.807, 2.05) is 48.5 Å². The van der Waals surface area contributed by atoms with Crippen molar-refractivity contribution in [3.05, 3.63) is 48.5 Å². The van der Waals surface area contributed by atoms with Crippen molar-refractivity contribution in [1.29, 1.82) is 0 Å². The molecule has 5 aromatic rings. The maximum atomic E-state index is 12.3. The van der Waals surface area contributed by atoms with Gasteiger partial charge in [-0.25, -0.2) is 14.6 Å². The molecule has 0 aliphatic rings. The summed E-state index contributed by atoms with van der Waals surface area (Å²) in [6, 6.07) is 15.2. The summed E-state index contributed by atoms with van der Waals surface area (Å²) < 4.78 is 4.67. The monoisotopic (exact) mass is 480 g/mol. The molecule has 0 fully saturated rings. The zero-order chi connectivity index (χ0) is 22.6. The fourth-order valence-electron chi connectivity index (χ4n) is 2.95. The van der Waals surface area contributed by atoms with Crippen molar-refractivity contribution in [2.24, 2.45) is 0 Å². The van der Waals surface area contributed by atoms with Crippen LogP contribution >= 0.6 is 23.5 Å². The number of H-pyrrole nitrogens is 2. The molecule has 0 saturated carbocycles. The summed E-state index contributed by atoms with van der Waals surface area (Å²) in [7, 11) is 0. The molecule has 33 heavy (non-hydrogen) atoms. The number of thioether (sulfide) groups is 2. The number of anilines is 2. The number of nitrogens with zero attached hydrogens (tertiary/aromatic N) is 4. The molecule has 0 spiro atoms. The predicted molar refractivity (Wildman–Crippen MR) is 125 cm³/mol. The summed E-state index contributed by atoms with van der Waals surface area (Å²) in [5.41, 5.74) is 3.44. The van der Waals surface area contributed by atoms with Gasteiger partial charge in [0.25, 0.3) is 0 Å². The molecule has 0 unspecified atom stereocenters. The standard InChI is InChI=1S/C20H16N8O3S2/c29-15(9-32-19-21-11-5-1-2-6-12(11)22-19)25-17-18(28-31-27-17)26-16(30)10-33-20-23-13-7-3-4-8-14(13)24-20/h1-8H,9-10H2,(H,21,22)(H,23,24)(H,25,27,29)(H,26,28,30). The molecule has 3 aromatic heterocycles. The molecule has 3 heterocycles. The Hall–Kier alpha value is -3.84. The van der Waals surface area contributed by atoms with Gasteiger partial charge in [0.05, 0.1) is 33.6 Å². The van der Waals surface area contributed by atoms with E-state index >= 15 is 0 Å². The third-order valence-electron chi connectivity index (χ3n) is 4.42. The molecular weight excluding hydrogens is 464 g/mol. The molecule has 5 rings (SSSR count). The van der Waals surface area contributed by atoms with Gasteiger partial charge in [0.15, 0.2) is 10.3 Å². The van der Waals surface area contributed by atoms with Gasteiger partial charge < -0.3 is 20.6 Å². The Morgan fingerprint density at radius 2 is 1.21 bits per heavy atom. The van der Waals surface area contributed by atoms with Crippen LogP contribution in [0.4, 0.5) is 11.6 Å². The molecule has 4 N–H and O–H groups in total. The zero-order valence-corrected chi connectivity index (χ0v) is 18.5. The summed E-state index contributed by atoms with van der Waals surface area (Å²) in [5, 5.41) is 13.7. The lowest BCUT2D eigenvalue weighted by molar-refractivity contribution is -0.114. The number of amides is 2. The van der Waals surface area contributed by atoms with Crippen molar-refractivity contribution in [3.63, 3.8) is 0 Å². The number of fused-ring (bicyclic) bond motifs is 2. The molecule has 13 heteroatoms. The first-order chi connectivity index (χ1) is 16.1. The van der Waals surface area contributed by atoms with Crippen LogP contribution in [0.1, 0.15) is 0 Å². The molecule has 2 aromatic carbocycles. The second-order valence-electron chi connectivity index (χ2n) is 6.75. The lowest BCUT2D eigenvalue weighted by atomic mass is 10.3. The minimum absolute atomic E-state index is 0.0345. The van der Waals surface area contributed by atoms with Gasteiger partial charge in [-0.1, -0.05) is 47.8 Å². The fraction of sp³-hybridized carbons (Fsp3) is 0.100. The smallest absolute Gasteiger partial charge is 0.236 e. The van der Waals surface area contributed by atoms with E-state index in [9.17, 15) is 9.59 Å². The van der Waals surface area contributed by atoms with Gasteiger partial charge in [0.2, 0.25) is 23.5 Å². The summed E-state index contributed by atoms with van der Waals surface area (Å²) in [5.74, 6) is -0.449. The molecule has 0 atom stereocenters. The number of imidazole rings is 2. The van der Waals surface area contributed by atoms with Crippen LogP contribution in [-0.2, 0) is 9.59 Å². The topological polar surface area (TPSA) is 154 Å². The number of carbonyl (C=O) groups excluding carboxylic acids is 2. The highest BCUT2D eigenvalue weighted by atomic mass is 32.2. The molecule has 0 radical (unpaired) electrons. The normalized spacial score (nSPS) is 11.2. The molecule has 2 amide bonds. The Labute approximate surface area is 194 Å². The number of rotatable bonds is 8. The minimum atomic E-state index is -0.344. The van der Waals surface area contributed by atoms with Crippen molar-refractivity contribution < 1.29 is 14.2 Å². The third-order valence-corrected chi connectivity index (χ3v) is 6.17. The molecule has 0 aliphatic carbocycles. The second-order valence-corrected chi connectivity index (χ2v) is 8.68. The number of nitrogens with one attached hydrogen (secondary N) is 4. The maximum absolute atomic E-state index is 12.3. The Morgan fingerprint density at radius 1 is 0.758 bits per heavy atom. The lowest BCUT2D eigenvalue weighted by Gasteiger charge is -2.03. The number of hydrogen-bond donors (Lipinski definition) is 4. The van der Waals surface area contributed by atoms with E-state index in [1.165, 1.54) is 23.5 Å². The van der Waals surface area contributed by atoms with Gasteiger partial charge in [0.1, 0.15) is 0 Å². The average molecular weight is 481 g/mol.